The van der Waals surface area contributed by atoms with Gasteiger partial charge in [0.2, 0.25) is 0 Å². The number of nitrogens with zero attached hydrogens (tertiary/aromatic N) is 1. The van der Waals surface area contributed by atoms with Crippen LogP contribution in [0.1, 0.15) is 18.4 Å². The van der Waals surface area contributed by atoms with Crippen LogP contribution in [0.25, 0.3) is 0 Å². The number of nitriles is 1. The lowest BCUT2D eigenvalue weighted by Gasteiger charge is -2.04. The summed E-state index contributed by atoms with van der Waals surface area (Å²) in [5.41, 5.74) is 6.01. The van der Waals surface area contributed by atoms with E-state index in [2.05, 4.69) is 6.07 Å². The predicted octanol–water partition coefficient (Wildman–Crippen LogP) is 1.68. The van der Waals surface area contributed by atoms with Crippen molar-refractivity contribution in [2.45, 2.75) is 12.8 Å². The first-order valence-corrected chi connectivity index (χ1v) is 4.70. The number of ether oxygens (including phenoxy) is 1. The van der Waals surface area contributed by atoms with Crippen molar-refractivity contribution in [1.29, 1.82) is 5.26 Å². The third-order valence-electron chi connectivity index (χ3n) is 1.85. The number of hydrogen-bond donors (Lipinski definition) is 1. The van der Waals surface area contributed by atoms with Gasteiger partial charge in [0, 0.05) is 0 Å². The molecule has 0 saturated carbocycles. The molecule has 1 aromatic carbocycles. The van der Waals surface area contributed by atoms with Gasteiger partial charge in [0.1, 0.15) is 5.75 Å². The van der Waals surface area contributed by atoms with E-state index in [4.69, 9.17) is 15.7 Å². The van der Waals surface area contributed by atoms with E-state index in [1.807, 2.05) is 0 Å². The fourth-order valence-corrected chi connectivity index (χ4v) is 1.06. The van der Waals surface area contributed by atoms with E-state index in [-0.39, 0.29) is 0 Å². The van der Waals surface area contributed by atoms with Crippen LogP contribution in [0.3, 0.4) is 0 Å². The molecular formula is C11H14N2O. The van der Waals surface area contributed by atoms with Gasteiger partial charge in [-0.3, -0.25) is 0 Å². The number of benzene rings is 1. The van der Waals surface area contributed by atoms with E-state index in [1.165, 1.54) is 0 Å². The van der Waals surface area contributed by atoms with Gasteiger partial charge in [-0.2, -0.15) is 5.26 Å². The molecule has 3 heteroatoms. The molecule has 0 aliphatic rings. The predicted molar refractivity (Wildman–Crippen MR) is 54.9 cm³/mol. The van der Waals surface area contributed by atoms with Gasteiger partial charge in [0.15, 0.2) is 0 Å². The van der Waals surface area contributed by atoms with E-state index in [1.54, 1.807) is 24.3 Å². The van der Waals surface area contributed by atoms with Crippen LogP contribution >= 0.6 is 0 Å². The van der Waals surface area contributed by atoms with E-state index >= 15 is 0 Å². The second-order valence-electron chi connectivity index (χ2n) is 2.98. The van der Waals surface area contributed by atoms with E-state index in [0.717, 1.165) is 18.6 Å². The van der Waals surface area contributed by atoms with Crippen LogP contribution in [0.15, 0.2) is 24.3 Å². The lowest BCUT2D eigenvalue weighted by Crippen LogP contribution is -2.03. The van der Waals surface area contributed by atoms with Crippen LogP contribution in [0.5, 0.6) is 5.75 Å². The third-order valence-corrected chi connectivity index (χ3v) is 1.85. The second kappa shape index (κ2) is 6.01. The molecule has 0 unspecified atom stereocenters. The molecule has 1 aromatic rings. The molecule has 0 aromatic heterocycles. The summed E-state index contributed by atoms with van der Waals surface area (Å²) in [5, 5.41) is 8.57. The number of unbranched alkanes of at least 4 members (excludes halogenated alkanes) is 1. The van der Waals surface area contributed by atoms with Gasteiger partial charge < -0.3 is 10.5 Å². The summed E-state index contributed by atoms with van der Waals surface area (Å²) in [5.74, 6) is 0.807. The topological polar surface area (TPSA) is 59.0 Å². The highest BCUT2D eigenvalue weighted by atomic mass is 16.5. The standard InChI is InChI=1S/C11H14N2O/c12-7-1-2-8-14-11-5-3-10(9-13)4-6-11/h3-6H,1-2,7-8,12H2. The van der Waals surface area contributed by atoms with Gasteiger partial charge >= 0.3 is 0 Å². The molecule has 0 amide bonds. The van der Waals surface area contributed by atoms with Crippen molar-refractivity contribution in [1.82, 2.24) is 0 Å². The quantitative estimate of drug-likeness (QED) is 0.718. The lowest BCUT2D eigenvalue weighted by molar-refractivity contribution is 0.308. The Balaban J connectivity index is 2.33. The minimum Gasteiger partial charge on any atom is -0.494 e. The Morgan fingerprint density at radius 2 is 1.93 bits per heavy atom. The van der Waals surface area contributed by atoms with Gasteiger partial charge in [-0.05, 0) is 43.7 Å². The molecule has 0 spiro atoms. The summed E-state index contributed by atoms with van der Waals surface area (Å²) in [6, 6.07) is 9.17. The summed E-state index contributed by atoms with van der Waals surface area (Å²) in [6.07, 6.45) is 1.95. The van der Waals surface area contributed by atoms with E-state index in [0.29, 0.717) is 18.7 Å². The number of rotatable bonds is 5. The molecule has 0 atom stereocenters. The van der Waals surface area contributed by atoms with Crippen molar-refractivity contribution in [3.8, 4) is 11.8 Å². The molecule has 0 saturated heterocycles. The summed E-state index contributed by atoms with van der Waals surface area (Å²) in [4.78, 5) is 0. The van der Waals surface area contributed by atoms with Crippen molar-refractivity contribution in [2.24, 2.45) is 5.73 Å². The molecule has 14 heavy (non-hydrogen) atoms. The molecule has 3 nitrogen and oxygen atoms in total. The van der Waals surface area contributed by atoms with Crippen molar-refractivity contribution in [3.05, 3.63) is 29.8 Å². The van der Waals surface area contributed by atoms with E-state index < -0.39 is 0 Å². The Bertz CT molecular complexity index is 300. The Morgan fingerprint density at radius 1 is 1.21 bits per heavy atom. The number of hydrogen-bond acceptors (Lipinski definition) is 3. The molecule has 74 valence electrons. The monoisotopic (exact) mass is 190 g/mol. The smallest absolute Gasteiger partial charge is 0.119 e. The minimum atomic E-state index is 0.652. The Hall–Kier alpha value is -1.53. The zero-order chi connectivity index (χ0) is 10.2. The average Bonchev–Trinajstić information content (AvgIpc) is 2.25. The largest absolute Gasteiger partial charge is 0.494 e. The van der Waals surface area contributed by atoms with E-state index in [9.17, 15) is 0 Å². The average molecular weight is 190 g/mol. The highest BCUT2D eigenvalue weighted by Crippen LogP contribution is 2.11. The van der Waals surface area contributed by atoms with Crippen LogP contribution in [0, 0.1) is 11.3 Å². The summed E-state index contributed by atoms with van der Waals surface area (Å²) >= 11 is 0. The Morgan fingerprint density at radius 3 is 2.50 bits per heavy atom. The maximum atomic E-state index is 8.57. The van der Waals surface area contributed by atoms with Gasteiger partial charge in [-0.1, -0.05) is 0 Å². The van der Waals surface area contributed by atoms with Crippen molar-refractivity contribution < 1.29 is 4.74 Å². The molecule has 2 N–H and O–H groups in total. The summed E-state index contributed by atoms with van der Waals surface area (Å²) < 4.78 is 5.44. The highest BCUT2D eigenvalue weighted by molar-refractivity contribution is 5.34. The molecule has 0 bridgehead atoms. The fraction of sp³-hybridized carbons (Fsp3) is 0.364. The molecule has 0 aliphatic heterocycles. The Labute approximate surface area is 84.1 Å². The zero-order valence-corrected chi connectivity index (χ0v) is 8.07. The molecule has 1 rings (SSSR count). The summed E-state index contributed by atoms with van der Waals surface area (Å²) in [7, 11) is 0. The van der Waals surface area contributed by atoms with Crippen LogP contribution in [-0.2, 0) is 0 Å². The van der Waals surface area contributed by atoms with Crippen LogP contribution < -0.4 is 10.5 Å². The Kier molecular flexibility index (Phi) is 4.53. The molecule has 0 aliphatic carbocycles. The number of nitrogens with two attached hydrogens (primary N) is 1. The maximum absolute atomic E-state index is 8.57. The van der Waals surface area contributed by atoms with Gasteiger partial charge in [-0.25, -0.2) is 0 Å². The zero-order valence-electron chi connectivity index (χ0n) is 8.07. The lowest BCUT2D eigenvalue weighted by atomic mass is 10.2. The van der Waals surface area contributed by atoms with Crippen LogP contribution in [0.2, 0.25) is 0 Å². The first kappa shape index (κ1) is 10.6. The first-order valence-electron chi connectivity index (χ1n) is 4.70. The first-order chi connectivity index (χ1) is 6.86. The SMILES string of the molecule is N#Cc1ccc(OCCCCN)cc1. The fourth-order valence-electron chi connectivity index (χ4n) is 1.06. The van der Waals surface area contributed by atoms with Crippen molar-refractivity contribution in [2.75, 3.05) is 13.2 Å². The van der Waals surface area contributed by atoms with Gasteiger partial charge in [-0.15, -0.1) is 0 Å². The van der Waals surface area contributed by atoms with Crippen molar-refractivity contribution >= 4 is 0 Å². The maximum Gasteiger partial charge on any atom is 0.119 e. The van der Waals surface area contributed by atoms with Gasteiger partial charge in [0.05, 0.1) is 18.2 Å². The minimum absolute atomic E-state index is 0.652. The van der Waals surface area contributed by atoms with Crippen LogP contribution in [-0.4, -0.2) is 13.2 Å². The molecule has 0 heterocycles. The second-order valence-corrected chi connectivity index (χ2v) is 2.98. The normalized spacial score (nSPS) is 9.43. The molecule has 0 radical (unpaired) electrons. The summed E-state index contributed by atoms with van der Waals surface area (Å²) in [6.45, 7) is 1.39. The van der Waals surface area contributed by atoms with Crippen LogP contribution in [0.4, 0.5) is 0 Å². The van der Waals surface area contributed by atoms with Crippen molar-refractivity contribution in [3.63, 3.8) is 0 Å². The highest BCUT2D eigenvalue weighted by Gasteiger charge is 1.93. The molecule has 0 fully saturated rings. The molecular weight excluding hydrogens is 176 g/mol. The third kappa shape index (κ3) is 3.46. The van der Waals surface area contributed by atoms with Gasteiger partial charge in [0.25, 0.3) is 0 Å².